The molecule has 9 nitrogen and oxygen atoms in total. The number of esters is 1. The van der Waals surface area contributed by atoms with Crippen LogP contribution < -0.4 is 16.4 Å². The van der Waals surface area contributed by atoms with Gasteiger partial charge in [0, 0.05) is 38.4 Å². The van der Waals surface area contributed by atoms with Gasteiger partial charge in [-0.15, -0.1) is 0 Å². The fourth-order valence-electron chi connectivity index (χ4n) is 2.38. The van der Waals surface area contributed by atoms with E-state index in [1.54, 1.807) is 0 Å². The summed E-state index contributed by atoms with van der Waals surface area (Å²) in [5, 5.41) is 24.5. The maximum Gasteiger partial charge on any atom is 0.304 e. The number of aromatic hydroxyl groups is 2. The van der Waals surface area contributed by atoms with Crippen LogP contribution in [-0.2, 0) is 25.5 Å². The van der Waals surface area contributed by atoms with Crippen molar-refractivity contribution < 1.29 is 29.3 Å². The number of amides is 2. The zero-order chi connectivity index (χ0) is 20.2. The fraction of sp³-hybridized carbons (Fsp3) is 0.500. The van der Waals surface area contributed by atoms with Gasteiger partial charge in [-0.05, 0) is 31.0 Å². The van der Waals surface area contributed by atoms with E-state index in [-0.39, 0.29) is 35.8 Å². The summed E-state index contributed by atoms with van der Waals surface area (Å²) in [7, 11) is 0. The molecule has 1 aromatic carbocycles. The molecule has 1 unspecified atom stereocenters. The molecule has 0 aliphatic rings. The van der Waals surface area contributed by atoms with Crippen molar-refractivity contribution in [3.63, 3.8) is 0 Å². The Morgan fingerprint density at radius 3 is 2.59 bits per heavy atom. The van der Waals surface area contributed by atoms with E-state index in [2.05, 4.69) is 10.6 Å². The molecule has 0 spiro atoms. The number of nitrogens with two attached hydrogens (primary N) is 1. The number of phenolic OH excluding ortho intramolecular Hbond substituents is 2. The van der Waals surface area contributed by atoms with Crippen LogP contribution in [0.25, 0.3) is 0 Å². The first-order valence-electron chi connectivity index (χ1n) is 8.76. The minimum absolute atomic E-state index is 0.0659. The van der Waals surface area contributed by atoms with Crippen molar-refractivity contribution >= 4 is 17.8 Å². The second-order valence-electron chi connectivity index (χ2n) is 6.04. The normalized spacial score (nSPS) is 11.5. The van der Waals surface area contributed by atoms with Crippen molar-refractivity contribution in [3.05, 3.63) is 23.8 Å². The molecule has 1 atom stereocenters. The molecule has 0 fully saturated rings. The van der Waals surface area contributed by atoms with Crippen LogP contribution in [0.15, 0.2) is 18.2 Å². The average Bonchev–Trinajstić information content (AvgIpc) is 2.57. The number of phenols is 2. The molecule has 9 heteroatoms. The lowest BCUT2D eigenvalue weighted by atomic mass is 10.1. The Bertz CT molecular complexity index is 650. The number of benzene rings is 1. The zero-order valence-electron chi connectivity index (χ0n) is 15.4. The molecule has 0 radical (unpaired) electrons. The van der Waals surface area contributed by atoms with Gasteiger partial charge >= 0.3 is 5.97 Å². The number of ether oxygens (including phenoxy) is 1. The second kappa shape index (κ2) is 11.7. The molecule has 2 amide bonds. The first-order chi connectivity index (χ1) is 12.8. The van der Waals surface area contributed by atoms with E-state index in [4.69, 9.17) is 10.5 Å². The van der Waals surface area contributed by atoms with E-state index >= 15 is 0 Å². The van der Waals surface area contributed by atoms with E-state index < -0.39 is 18.1 Å². The van der Waals surface area contributed by atoms with Gasteiger partial charge < -0.3 is 31.3 Å². The van der Waals surface area contributed by atoms with Gasteiger partial charge in [-0.3, -0.25) is 14.4 Å². The summed E-state index contributed by atoms with van der Waals surface area (Å²) < 4.78 is 5.09. The number of unbranched alkanes of at least 4 members (excludes halogenated alkanes) is 1. The summed E-state index contributed by atoms with van der Waals surface area (Å²) in [6.07, 6.45) is 0.926. The van der Waals surface area contributed by atoms with E-state index in [0.717, 1.165) is 0 Å². The zero-order valence-corrected chi connectivity index (χ0v) is 15.4. The Kier molecular flexibility index (Phi) is 9.66. The molecule has 0 saturated carbocycles. The minimum Gasteiger partial charge on any atom is -0.508 e. The van der Waals surface area contributed by atoms with Crippen LogP contribution in [0.2, 0.25) is 0 Å². The Balaban J connectivity index is 2.46. The van der Waals surface area contributed by atoms with Gasteiger partial charge in [0.2, 0.25) is 11.8 Å². The van der Waals surface area contributed by atoms with E-state index in [1.165, 1.54) is 25.1 Å². The van der Waals surface area contributed by atoms with Crippen LogP contribution in [0.1, 0.15) is 38.2 Å². The lowest BCUT2D eigenvalue weighted by molar-refractivity contribution is -0.150. The molecule has 1 rings (SSSR count). The topological polar surface area (TPSA) is 151 Å². The van der Waals surface area contributed by atoms with Crippen LogP contribution in [0.3, 0.4) is 0 Å². The number of carbonyl (C=O) groups excluding carboxylic acids is 3. The van der Waals surface area contributed by atoms with E-state index in [9.17, 15) is 24.6 Å². The maximum absolute atomic E-state index is 12.2. The number of hydrogen-bond donors (Lipinski definition) is 5. The van der Waals surface area contributed by atoms with Crippen molar-refractivity contribution in [3.8, 4) is 11.5 Å². The molecule has 0 aliphatic heterocycles. The lowest BCUT2D eigenvalue weighted by Crippen LogP contribution is -2.39. The molecule has 27 heavy (non-hydrogen) atoms. The Morgan fingerprint density at radius 2 is 1.93 bits per heavy atom. The van der Waals surface area contributed by atoms with Gasteiger partial charge in [-0.25, -0.2) is 0 Å². The number of carbonyl (C=O) groups is 3. The molecular formula is C18H27N3O6. The van der Waals surface area contributed by atoms with E-state index in [1.807, 2.05) is 0 Å². The molecule has 0 bridgehead atoms. The van der Waals surface area contributed by atoms with Crippen molar-refractivity contribution in [1.82, 2.24) is 10.6 Å². The van der Waals surface area contributed by atoms with Crippen molar-refractivity contribution in [2.75, 3.05) is 13.1 Å². The summed E-state index contributed by atoms with van der Waals surface area (Å²) in [6, 6.07) is 3.89. The monoisotopic (exact) mass is 381 g/mol. The Labute approximate surface area is 157 Å². The maximum atomic E-state index is 12.2. The summed E-state index contributed by atoms with van der Waals surface area (Å²) in [5.41, 5.74) is 5.55. The first-order valence-corrected chi connectivity index (χ1v) is 8.76. The van der Waals surface area contributed by atoms with Crippen LogP contribution in [0.5, 0.6) is 11.5 Å². The standard InChI is InChI=1S/C18H27N3O6/c1-12(22)27-18(4-2-3-9-20-16(25)7-8-19)21-17(26)11-13-10-14(23)5-6-15(13)24/h5-6,10,18,23-24H,2-4,7-9,11,19H2,1H3,(H,20,25)(H,21,26). The predicted octanol–water partition coefficient (Wildman–Crippen LogP) is 0.281. The predicted molar refractivity (Wildman–Crippen MR) is 97.7 cm³/mol. The summed E-state index contributed by atoms with van der Waals surface area (Å²) >= 11 is 0. The molecule has 0 aliphatic carbocycles. The smallest absolute Gasteiger partial charge is 0.304 e. The van der Waals surface area contributed by atoms with Crippen molar-refractivity contribution in [2.24, 2.45) is 5.73 Å². The third-order valence-electron chi connectivity index (χ3n) is 3.63. The Hall–Kier alpha value is -2.81. The van der Waals surface area contributed by atoms with Gasteiger partial charge in [-0.1, -0.05) is 0 Å². The summed E-state index contributed by atoms with van der Waals surface area (Å²) in [5.74, 6) is -1.28. The largest absolute Gasteiger partial charge is 0.508 e. The van der Waals surface area contributed by atoms with Gasteiger partial charge in [-0.2, -0.15) is 0 Å². The van der Waals surface area contributed by atoms with Gasteiger partial charge in [0.25, 0.3) is 0 Å². The number of hydrogen-bond acceptors (Lipinski definition) is 7. The van der Waals surface area contributed by atoms with Crippen molar-refractivity contribution in [1.29, 1.82) is 0 Å². The molecule has 0 saturated heterocycles. The molecule has 6 N–H and O–H groups in total. The number of rotatable bonds is 11. The Morgan fingerprint density at radius 1 is 1.19 bits per heavy atom. The number of nitrogens with one attached hydrogen (secondary N) is 2. The minimum atomic E-state index is -0.811. The van der Waals surface area contributed by atoms with Crippen LogP contribution >= 0.6 is 0 Å². The van der Waals surface area contributed by atoms with Crippen LogP contribution in [-0.4, -0.2) is 47.3 Å². The molecule has 150 valence electrons. The lowest BCUT2D eigenvalue weighted by Gasteiger charge is -2.19. The molecular weight excluding hydrogens is 354 g/mol. The highest BCUT2D eigenvalue weighted by Crippen LogP contribution is 2.22. The summed E-state index contributed by atoms with van der Waals surface area (Å²) in [6.45, 7) is 2.01. The summed E-state index contributed by atoms with van der Waals surface area (Å²) in [4.78, 5) is 34.7. The first kappa shape index (κ1) is 22.2. The highest BCUT2D eigenvalue weighted by Gasteiger charge is 2.16. The van der Waals surface area contributed by atoms with Crippen LogP contribution in [0, 0.1) is 0 Å². The average molecular weight is 381 g/mol. The third-order valence-corrected chi connectivity index (χ3v) is 3.63. The second-order valence-corrected chi connectivity index (χ2v) is 6.04. The fourth-order valence-corrected chi connectivity index (χ4v) is 2.38. The van der Waals surface area contributed by atoms with Gasteiger partial charge in [0.05, 0.1) is 6.42 Å². The molecule has 0 aromatic heterocycles. The SMILES string of the molecule is CC(=O)OC(CCCCNC(=O)CCN)NC(=O)Cc1cc(O)ccc1O. The third kappa shape index (κ3) is 9.45. The molecule has 1 aromatic rings. The van der Waals surface area contributed by atoms with E-state index in [0.29, 0.717) is 32.4 Å². The highest BCUT2D eigenvalue weighted by molar-refractivity contribution is 5.80. The van der Waals surface area contributed by atoms with Gasteiger partial charge in [0.15, 0.2) is 6.23 Å². The van der Waals surface area contributed by atoms with Gasteiger partial charge in [0.1, 0.15) is 11.5 Å². The quantitative estimate of drug-likeness (QED) is 0.160. The van der Waals surface area contributed by atoms with Crippen LogP contribution in [0.4, 0.5) is 0 Å². The van der Waals surface area contributed by atoms with Crippen molar-refractivity contribution in [2.45, 2.75) is 45.3 Å². The molecule has 0 heterocycles. The highest BCUT2D eigenvalue weighted by atomic mass is 16.6.